The molecule has 5 rings (SSSR count). The Balaban J connectivity index is 1.54. The molecule has 1 saturated heterocycles. The number of carbonyl (C=O) groups is 1. The van der Waals surface area contributed by atoms with Gasteiger partial charge in [0.05, 0.1) is 31.5 Å². The number of amides is 1. The number of carbonyl (C=O) groups excluding carboxylic acids is 1. The molecule has 0 aliphatic carbocycles. The minimum atomic E-state index is 0.209. The van der Waals surface area contributed by atoms with Crippen LogP contribution in [-0.4, -0.2) is 43.8 Å². The number of rotatable bonds is 8. The van der Waals surface area contributed by atoms with Crippen LogP contribution in [0.25, 0.3) is 22.2 Å². The molecule has 0 atom stereocenters. The summed E-state index contributed by atoms with van der Waals surface area (Å²) in [5.74, 6) is 1.53. The average Bonchev–Trinajstić information content (AvgIpc) is 3.51. The summed E-state index contributed by atoms with van der Waals surface area (Å²) in [7, 11) is 0. The highest BCUT2D eigenvalue weighted by molar-refractivity contribution is 9.10. The van der Waals surface area contributed by atoms with Gasteiger partial charge in [0.15, 0.2) is 22.7 Å². The predicted molar refractivity (Wildman–Crippen MR) is 142 cm³/mol. The van der Waals surface area contributed by atoms with Crippen LogP contribution in [0.1, 0.15) is 38.6 Å². The summed E-state index contributed by atoms with van der Waals surface area (Å²) in [5.41, 5.74) is 10.5. The number of benzene rings is 1. The molecule has 0 bridgehead atoms. The second-order valence-corrected chi connectivity index (χ2v) is 9.75. The molecular formula is C25H31BrN9O+. The van der Waals surface area contributed by atoms with Crippen LogP contribution in [0.4, 0.5) is 11.6 Å². The number of fused-ring (bicyclic) bond motifs is 1. The van der Waals surface area contributed by atoms with Gasteiger partial charge in [0, 0.05) is 11.8 Å². The molecule has 0 radical (unpaired) electrons. The normalized spacial score (nSPS) is 14.4. The Morgan fingerprint density at radius 2 is 2.06 bits per heavy atom. The van der Waals surface area contributed by atoms with Crippen LogP contribution >= 0.6 is 15.9 Å². The maximum atomic E-state index is 12.1. The van der Waals surface area contributed by atoms with E-state index in [4.69, 9.17) is 5.73 Å². The van der Waals surface area contributed by atoms with Crippen molar-refractivity contribution in [2.75, 3.05) is 23.7 Å². The lowest BCUT2D eigenvalue weighted by Crippen LogP contribution is -2.40. The summed E-state index contributed by atoms with van der Waals surface area (Å²) < 4.78 is 7.12. The fourth-order valence-corrected chi connectivity index (χ4v) is 5.37. The van der Waals surface area contributed by atoms with Crippen molar-refractivity contribution < 1.29 is 9.36 Å². The molecule has 0 unspecified atom stereocenters. The van der Waals surface area contributed by atoms with Crippen LogP contribution in [0, 0.1) is 0 Å². The first-order valence-electron chi connectivity index (χ1n) is 12.3. The first-order chi connectivity index (χ1) is 17.5. The number of aromatic nitrogens is 6. The van der Waals surface area contributed by atoms with Gasteiger partial charge in [-0.1, -0.05) is 0 Å². The molecule has 0 spiro atoms. The van der Waals surface area contributed by atoms with Crippen LogP contribution in [0.3, 0.4) is 0 Å². The molecule has 1 aromatic carbocycles. The standard InChI is InChI=1S/C25H31BrN9O/c1-3-33-20-6-5-17(18-12-30-35(14-18)19-7-9-28-10-8-19)11-21(20)34(4-2)23(33)15-32(16-36)25-24(27)29-13-22(26)31-25/h5-6,11-14,16,19,28H,3-4,7-10,15H2,1-2H3,(H2,27,29)/q+1. The summed E-state index contributed by atoms with van der Waals surface area (Å²) in [6, 6.07) is 6.97. The molecule has 0 saturated carbocycles. The zero-order chi connectivity index (χ0) is 25.2. The van der Waals surface area contributed by atoms with Crippen molar-refractivity contribution in [1.29, 1.82) is 0 Å². The second kappa shape index (κ2) is 10.4. The number of nitrogens with two attached hydrogens (primary N) is 1. The van der Waals surface area contributed by atoms with Crippen LogP contribution in [0.5, 0.6) is 0 Å². The number of piperidine rings is 1. The Labute approximate surface area is 218 Å². The van der Waals surface area contributed by atoms with Gasteiger partial charge in [0.25, 0.3) is 5.82 Å². The smallest absolute Gasteiger partial charge is 0.277 e. The fourth-order valence-electron chi connectivity index (χ4n) is 5.10. The van der Waals surface area contributed by atoms with Gasteiger partial charge in [0.1, 0.15) is 11.1 Å². The summed E-state index contributed by atoms with van der Waals surface area (Å²) in [4.78, 5) is 22.2. The zero-order valence-corrected chi connectivity index (χ0v) is 22.1. The first kappa shape index (κ1) is 24.4. The van der Waals surface area contributed by atoms with Crippen molar-refractivity contribution in [2.24, 2.45) is 0 Å². The SMILES string of the molecule is CCn1c(CN(C=O)c2nc(Br)cnc2N)[n+](CC)c2ccc(-c3cnn(C4CCNCC4)c3)cc21. The lowest BCUT2D eigenvalue weighted by atomic mass is 10.1. The maximum Gasteiger partial charge on any atom is 0.277 e. The molecule has 1 aliphatic rings. The number of hydrogen-bond acceptors (Lipinski definition) is 6. The highest BCUT2D eigenvalue weighted by Gasteiger charge is 2.27. The molecule has 11 heteroatoms. The van der Waals surface area contributed by atoms with E-state index in [2.05, 4.69) is 88.4 Å². The Morgan fingerprint density at radius 1 is 1.25 bits per heavy atom. The number of hydrogen-bond donors (Lipinski definition) is 2. The van der Waals surface area contributed by atoms with E-state index in [1.807, 2.05) is 6.20 Å². The topological polar surface area (TPSA) is 111 Å². The summed E-state index contributed by atoms with van der Waals surface area (Å²) >= 11 is 3.33. The van der Waals surface area contributed by atoms with E-state index >= 15 is 0 Å². The molecule has 4 heterocycles. The summed E-state index contributed by atoms with van der Waals surface area (Å²) in [5, 5.41) is 8.09. The third kappa shape index (κ3) is 4.48. The van der Waals surface area contributed by atoms with Crippen molar-refractivity contribution in [2.45, 2.75) is 52.4 Å². The highest BCUT2D eigenvalue weighted by atomic mass is 79.9. The van der Waals surface area contributed by atoms with Gasteiger partial charge < -0.3 is 11.1 Å². The second-order valence-electron chi connectivity index (χ2n) is 8.93. The monoisotopic (exact) mass is 552 g/mol. The molecule has 3 N–H and O–H groups in total. The van der Waals surface area contributed by atoms with Gasteiger partial charge in [-0.05, 0) is 79.5 Å². The third-order valence-electron chi connectivity index (χ3n) is 6.89. The van der Waals surface area contributed by atoms with E-state index < -0.39 is 0 Å². The predicted octanol–water partition coefficient (Wildman–Crippen LogP) is 3.05. The number of aryl methyl sites for hydroxylation is 2. The van der Waals surface area contributed by atoms with Crippen molar-refractivity contribution in [3.63, 3.8) is 0 Å². The van der Waals surface area contributed by atoms with Crippen molar-refractivity contribution in [3.8, 4) is 11.1 Å². The van der Waals surface area contributed by atoms with Gasteiger partial charge in [-0.15, -0.1) is 0 Å². The number of imidazole rings is 1. The lowest BCUT2D eigenvalue weighted by Gasteiger charge is -2.22. The van der Waals surface area contributed by atoms with Gasteiger partial charge >= 0.3 is 0 Å². The molecule has 3 aromatic heterocycles. The highest BCUT2D eigenvalue weighted by Crippen LogP contribution is 2.28. The van der Waals surface area contributed by atoms with E-state index in [9.17, 15) is 4.79 Å². The Hall–Kier alpha value is -3.31. The summed E-state index contributed by atoms with van der Waals surface area (Å²) in [6.45, 7) is 8.12. The lowest BCUT2D eigenvalue weighted by molar-refractivity contribution is -0.676. The Kier molecular flexibility index (Phi) is 7.01. The van der Waals surface area contributed by atoms with Crippen LogP contribution < -0.4 is 20.5 Å². The maximum absolute atomic E-state index is 12.1. The number of nitrogens with one attached hydrogen (secondary N) is 1. The molecule has 1 aliphatic heterocycles. The number of halogens is 1. The number of anilines is 2. The third-order valence-corrected chi connectivity index (χ3v) is 7.28. The van der Waals surface area contributed by atoms with Gasteiger partial charge in [-0.25, -0.2) is 19.1 Å². The Bertz CT molecular complexity index is 1390. The van der Waals surface area contributed by atoms with E-state index in [0.717, 1.165) is 73.4 Å². The van der Waals surface area contributed by atoms with Crippen LogP contribution in [-0.2, 0) is 24.4 Å². The Morgan fingerprint density at radius 3 is 2.78 bits per heavy atom. The van der Waals surface area contributed by atoms with E-state index in [0.29, 0.717) is 23.0 Å². The molecule has 1 amide bonds. The minimum Gasteiger partial charge on any atom is -0.381 e. The van der Waals surface area contributed by atoms with Gasteiger partial charge in [-0.3, -0.25) is 14.4 Å². The first-order valence-corrected chi connectivity index (χ1v) is 13.1. The van der Waals surface area contributed by atoms with E-state index in [1.54, 1.807) is 0 Å². The average molecular weight is 553 g/mol. The van der Waals surface area contributed by atoms with E-state index in [1.165, 1.54) is 11.1 Å². The quantitative estimate of drug-likeness (QED) is 0.256. The largest absolute Gasteiger partial charge is 0.381 e. The fraction of sp³-hybridized carbons (Fsp3) is 0.400. The van der Waals surface area contributed by atoms with Crippen LogP contribution in [0.2, 0.25) is 0 Å². The number of nitrogens with zero attached hydrogens (tertiary/aromatic N) is 7. The molecular weight excluding hydrogens is 522 g/mol. The van der Waals surface area contributed by atoms with E-state index in [-0.39, 0.29) is 5.82 Å². The van der Waals surface area contributed by atoms with Crippen molar-refractivity contribution in [1.82, 2.24) is 29.6 Å². The van der Waals surface area contributed by atoms with Gasteiger partial charge in [-0.2, -0.15) is 5.10 Å². The molecule has 10 nitrogen and oxygen atoms in total. The minimum absolute atomic E-state index is 0.209. The molecule has 1 fully saturated rings. The van der Waals surface area contributed by atoms with Crippen molar-refractivity contribution >= 4 is 45.0 Å². The van der Waals surface area contributed by atoms with Crippen LogP contribution in [0.15, 0.2) is 41.4 Å². The number of nitrogen functional groups attached to an aromatic ring is 1. The molecule has 188 valence electrons. The zero-order valence-electron chi connectivity index (χ0n) is 20.6. The van der Waals surface area contributed by atoms with Gasteiger partial charge in [0.2, 0.25) is 6.41 Å². The van der Waals surface area contributed by atoms with Crippen molar-refractivity contribution in [3.05, 3.63) is 47.2 Å². The molecule has 36 heavy (non-hydrogen) atoms. The summed E-state index contributed by atoms with van der Waals surface area (Å²) in [6.07, 6.45) is 8.59. The molecule has 4 aromatic rings.